The molecule has 0 aromatic heterocycles. The van der Waals surface area contributed by atoms with Gasteiger partial charge in [-0.15, -0.1) is 0 Å². The smallest absolute Gasteiger partial charge is 0.255 e. The fourth-order valence-electron chi connectivity index (χ4n) is 3.01. The number of hydrogen-bond acceptors (Lipinski definition) is 5. The molecule has 2 aliphatic heterocycles. The SMILES string of the molecule is Cc1cc(OCC(N)=O)ccc1NC(=O)C1CC(=O)N(C2CNC2)C1. The van der Waals surface area contributed by atoms with Gasteiger partial charge in [0.2, 0.25) is 11.8 Å². The summed E-state index contributed by atoms with van der Waals surface area (Å²) in [5.74, 6) is -0.491. The van der Waals surface area contributed by atoms with E-state index in [1.165, 1.54) is 0 Å². The number of amides is 3. The average Bonchev–Trinajstić information content (AvgIpc) is 2.88. The molecule has 2 fully saturated rings. The first-order chi connectivity index (χ1) is 11.9. The first kappa shape index (κ1) is 17.2. The van der Waals surface area contributed by atoms with Gasteiger partial charge in [-0.25, -0.2) is 0 Å². The lowest BCUT2D eigenvalue weighted by Gasteiger charge is -2.35. The fraction of sp³-hybridized carbons (Fsp3) is 0.471. The molecule has 0 spiro atoms. The fourth-order valence-corrected chi connectivity index (χ4v) is 3.01. The van der Waals surface area contributed by atoms with E-state index >= 15 is 0 Å². The van der Waals surface area contributed by atoms with E-state index in [2.05, 4.69) is 10.6 Å². The van der Waals surface area contributed by atoms with E-state index in [1.807, 2.05) is 6.92 Å². The lowest BCUT2D eigenvalue weighted by Crippen LogP contribution is -2.57. The molecule has 2 heterocycles. The highest BCUT2D eigenvalue weighted by Gasteiger charge is 2.39. The molecule has 0 aliphatic carbocycles. The molecule has 2 saturated heterocycles. The van der Waals surface area contributed by atoms with E-state index in [4.69, 9.17) is 10.5 Å². The molecular weight excluding hydrogens is 324 g/mol. The number of carbonyl (C=O) groups excluding carboxylic acids is 3. The van der Waals surface area contributed by atoms with Crippen LogP contribution in [-0.4, -0.2) is 54.9 Å². The standard InChI is InChI=1S/C17H22N4O4/c1-10-4-13(25-9-15(18)22)2-3-14(10)20-17(24)11-5-16(23)21(8-11)12-6-19-7-12/h2-4,11-12,19H,5-9H2,1H3,(H2,18,22)(H,20,24). The Balaban J connectivity index is 1.59. The van der Waals surface area contributed by atoms with Gasteiger partial charge in [0.1, 0.15) is 5.75 Å². The molecule has 8 heteroatoms. The normalized spacial score (nSPS) is 20.3. The molecule has 0 saturated carbocycles. The van der Waals surface area contributed by atoms with E-state index in [1.54, 1.807) is 23.1 Å². The van der Waals surface area contributed by atoms with Gasteiger partial charge in [0.25, 0.3) is 5.91 Å². The molecule has 4 N–H and O–H groups in total. The van der Waals surface area contributed by atoms with Crippen molar-refractivity contribution in [2.24, 2.45) is 11.7 Å². The Bertz CT molecular complexity index is 702. The van der Waals surface area contributed by atoms with Gasteiger partial charge in [-0.2, -0.15) is 0 Å². The molecule has 0 bridgehead atoms. The topological polar surface area (TPSA) is 114 Å². The zero-order chi connectivity index (χ0) is 18.0. The maximum Gasteiger partial charge on any atom is 0.255 e. The first-order valence-corrected chi connectivity index (χ1v) is 8.27. The van der Waals surface area contributed by atoms with Crippen LogP contribution in [0.15, 0.2) is 18.2 Å². The van der Waals surface area contributed by atoms with Crippen LogP contribution in [0.25, 0.3) is 0 Å². The minimum Gasteiger partial charge on any atom is -0.484 e. The first-order valence-electron chi connectivity index (χ1n) is 8.27. The van der Waals surface area contributed by atoms with Crippen LogP contribution < -0.4 is 21.1 Å². The molecule has 0 radical (unpaired) electrons. The second-order valence-corrected chi connectivity index (χ2v) is 6.48. The summed E-state index contributed by atoms with van der Waals surface area (Å²) in [5.41, 5.74) is 6.51. The van der Waals surface area contributed by atoms with E-state index in [9.17, 15) is 14.4 Å². The Morgan fingerprint density at radius 1 is 1.40 bits per heavy atom. The molecule has 1 aromatic rings. The van der Waals surface area contributed by atoms with Crippen LogP contribution in [0.1, 0.15) is 12.0 Å². The van der Waals surface area contributed by atoms with Crippen LogP contribution in [0.4, 0.5) is 5.69 Å². The van der Waals surface area contributed by atoms with E-state index in [-0.39, 0.29) is 36.8 Å². The van der Waals surface area contributed by atoms with Gasteiger partial charge < -0.3 is 26.0 Å². The average molecular weight is 346 g/mol. The number of ether oxygens (including phenoxy) is 1. The predicted octanol–water partition coefficient (Wildman–Crippen LogP) is -0.382. The molecule has 25 heavy (non-hydrogen) atoms. The highest BCUT2D eigenvalue weighted by Crippen LogP contribution is 2.25. The second kappa shape index (κ2) is 7.10. The summed E-state index contributed by atoms with van der Waals surface area (Å²) in [6.45, 7) is 3.70. The number of hydrogen-bond donors (Lipinski definition) is 3. The van der Waals surface area contributed by atoms with Crippen LogP contribution in [-0.2, 0) is 14.4 Å². The number of rotatable bonds is 6. The molecule has 1 unspecified atom stereocenters. The summed E-state index contributed by atoms with van der Waals surface area (Å²) in [4.78, 5) is 37.1. The molecule has 3 rings (SSSR count). The summed E-state index contributed by atoms with van der Waals surface area (Å²) < 4.78 is 5.24. The lowest BCUT2D eigenvalue weighted by molar-refractivity contribution is -0.130. The Kier molecular flexibility index (Phi) is 4.89. The van der Waals surface area contributed by atoms with Crippen molar-refractivity contribution in [3.63, 3.8) is 0 Å². The minimum atomic E-state index is -0.549. The Labute approximate surface area is 145 Å². The van der Waals surface area contributed by atoms with Crippen molar-refractivity contribution in [2.75, 3.05) is 31.6 Å². The van der Waals surface area contributed by atoms with E-state index < -0.39 is 5.91 Å². The molecule has 8 nitrogen and oxygen atoms in total. The van der Waals surface area contributed by atoms with Crippen molar-refractivity contribution in [1.82, 2.24) is 10.2 Å². The van der Waals surface area contributed by atoms with Gasteiger partial charge in [0.15, 0.2) is 6.61 Å². The Morgan fingerprint density at radius 3 is 2.76 bits per heavy atom. The molecule has 1 atom stereocenters. The largest absolute Gasteiger partial charge is 0.484 e. The van der Waals surface area contributed by atoms with Gasteiger partial charge in [-0.3, -0.25) is 14.4 Å². The quantitative estimate of drug-likeness (QED) is 0.650. The molecule has 1 aromatic carbocycles. The third-order valence-electron chi connectivity index (χ3n) is 4.57. The zero-order valence-electron chi connectivity index (χ0n) is 14.1. The van der Waals surface area contributed by atoms with Crippen LogP contribution in [0.3, 0.4) is 0 Å². The van der Waals surface area contributed by atoms with Crippen molar-refractivity contribution in [2.45, 2.75) is 19.4 Å². The van der Waals surface area contributed by atoms with Gasteiger partial charge in [0.05, 0.1) is 12.0 Å². The van der Waals surface area contributed by atoms with E-state index in [0.717, 1.165) is 18.7 Å². The van der Waals surface area contributed by atoms with Crippen molar-refractivity contribution in [3.8, 4) is 5.75 Å². The summed E-state index contributed by atoms with van der Waals surface area (Å²) in [6, 6.07) is 5.32. The number of nitrogens with two attached hydrogens (primary N) is 1. The van der Waals surface area contributed by atoms with Crippen molar-refractivity contribution in [3.05, 3.63) is 23.8 Å². The summed E-state index contributed by atoms with van der Waals surface area (Å²) in [7, 11) is 0. The van der Waals surface area contributed by atoms with Crippen LogP contribution >= 0.6 is 0 Å². The number of carbonyl (C=O) groups is 3. The molecular formula is C17H22N4O4. The van der Waals surface area contributed by atoms with Crippen molar-refractivity contribution in [1.29, 1.82) is 0 Å². The lowest BCUT2D eigenvalue weighted by atomic mass is 10.1. The molecule has 134 valence electrons. The van der Waals surface area contributed by atoms with Crippen molar-refractivity contribution < 1.29 is 19.1 Å². The summed E-state index contributed by atoms with van der Waals surface area (Å²) >= 11 is 0. The number of likely N-dealkylation sites (tertiary alicyclic amines) is 1. The second-order valence-electron chi connectivity index (χ2n) is 6.48. The maximum atomic E-state index is 12.5. The van der Waals surface area contributed by atoms with Gasteiger partial charge in [-0.1, -0.05) is 0 Å². The van der Waals surface area contributed by atoms with Crippen LogP contribution in [0, 0.1) is 12.8 Å². The Morgan fingerprint density at radius 2 is 2.16 bits per heavy atom. The molecule has 3 amide bonds. The third kappa shape index (κ3) is 3.90. The number of aryl methyl sites for hydroxylation is 1. The van der Waals surface area contributed by atoms with Gasteiger partial charge in [-0.05, 0) is 30.7 Å². The molecule has 2 aliphatic rings. The Hall–Kier alpha value is -2.61. The van der Waals surface area contributed by atoms with Gasteiger partial charge >= 0.3 is 0 Å². The maximum absolute atomic E-state index is 12.5. The van der Waals surface area contributed by atoms with E-state index in [0.29, 0.717) is 18.0 Å². The number of anilines is 1. The number of nitrogens with one attached hydrogen (secondary N) is 2. The van der Waals surface area contributed by atoms with Gasteiger partial charge in [0, 0.05) is 31.7 Å². The number of nitrogens with zero attached hydrogens (tertiary/aromatic N) is 1. The summed E-state index contributed by atoms with van der Waals surface area (Å²) in [6.07, 6.45) is 0.251. The summed E-state index contributed by atoms with van der Waals surface area (Å²) in [5, 5.41) is 6.02. The highest BCUT2D eigenvalue weighted by atomic mass is 16.5. The third-order valence-corrected chi connectivity index (χ3v) is 4.57. The van der Waals surface area contributed by atoms with Crippen molar-refractivity contribution >= 4 is 23.4 Å². The zero-order valence-corrected chi connectivity index (χ0v) is 14.1. The predicted molar refractivity (Wildman–Crippen MR) is 91.0 cm³/mol. The number of benzene rings is 1. The minimum absolute atomic E-state index is 0.0403. The van der Waals surface area contributed by atoms with Crippen LogP contribution in [0.5, 0.6) is 5.75 Å². The van der Waals surface area contributed by atoms with Crippen LogP contribution in [0.2, 0.25) is 0 Å². The number of primary amides is 1. The monoisotopic (exact) mass is 346 g/mol. The highest BCUT2D eigenvalue weighted by molar-refractivity contribution is 5.97.